The van der Waals surface area contributed by atoms with E-state index in [2.05, 4.69) is 4.90 Å². The summed E-state index contributed by atoms with van der Waals surface area (Å²) in [7, 11) is 0. The minimum absolute atomic E-state index is 0.0104. The van der Waals surface area contributed by atoms with E-state index in [1.54, 1.807) is 11.3 Å². The van der Waals surface area contributed by atoms with Gasteiger partial charge in [-0.15, -0.1) is 11.3 Å². The van der Waals surface area contributed by atoms with Gasteiger partial charge in [-0.25, -0.2) is 0 Å². The number of hydrogen-bond donors (Lipinski definition) is 0. The van der Waals surface area contributed by atoms with E-state index in [-0.39, 0.29) is 17.4 Å². The van der Waals surface area contributed by atoms with E-state index in [4.69, 9.17) is 9.47 Å². The van der Waals surface area contributed by atoms with E-state index in [0.29, 0.717) is 6.42 Å². The monoisotopic (exact) mass is 349 g/mol. The fourth-order valence-electron chi connectivity index (χ4n) is 4.10. The maximum atomic E-state index is 12.7. The van der Waals surface area contributed by atoms with Crippen LogP contribution >= 0.6 is 11.3 Å². The van der Waals surface area contributed by atoms with Crippen molar-refractivity contribution < 1.29 is 14.3 Å². The number of ether oxygens (including phenoxy) is 2. The molecule has 1 aromatic heterocycles. The van der Waals surface area contributed by atoms with Crippen molar-refractivity contribution in [1.82, 2.24) is 4.90 Å². The van der Waals surface area contributed by atoms with Crippen LogP contribution in [0.1, 0.15) is 37.0 Å². The van der Waals surface area contributed by atoms with Gasteiger partial charge in [-0.2, -0.15) is 0 Å². The minimum atomic E-state index is 0.0104. The first-order valence-electron chi connectivity index (χ1n) is 9.25. The molecule has 1 saturated carbocycles. The van der Waals surface area contributed by atoms with Crippen LogP contribution in [0.4, 0.5) is 0 Å². The first-order valence-corrected chi connectivity index (χ1v) is 10.1. The lowest BCUT2D eigenvalue weighted by molar-refractivity contribution is -0.164. The zero-order valence-corrected chi connectivity index (χ0v) is 15.1. The largest absolute Gasteiger partial charge is 0.380 e. The molecular formula is C19H27NO3S. The standard InChI is InChI=1S/C19H27NO3S/c21-18(11-16-3-1-10-24-16)20-8-6-17-19(13-20,7-2-9-23-17)14-22-12-15-4-5-15/h1,3,10,15,17H,2,4-9,11-14H2/t17-,19+/m0/s1. The fourth-order valence-corrected chi connectivity index (χ4v) is 4.80. The van der Waals surface area contributed by atoms with Crippen LogP contribution in [0.15, 0.2) is 17.5 Å². The number of hydrogen-bond acceptors (Lipinski definition) is 4. The number of thiophene rings is 1. The molecule has 2 saturated heterocycles. The molecule has 1 aromatic rings. The Morgan fingerprint density at radius 3 is 3.12 bits per heavy atom. The molecule has 0 radical (unpaired) electrons. The van der Waals surface area contributed by atoms with E-state index < -0.39 is 0 Å². The molecule has 2 aliphatic heterocycles. The third-order valence-electron chi connectivity index (χ3n) is 5.69. The van der Waals surface area contributed by atoms with Crippen LogP contribution in [0, 0.1) is 11.3 Å². The first-order chi connectivity index (χ1) is 11.8. The van der Waals surface area contributed by atoms with Crippen molar-refractivity contribution in [3.05, 3.63) is 22.4 Å². The van der Waals surface area contributed by atoms with Crippen LogP contribution in [-0.4, -0.2) is 49.8 Å². The lowest BCUT2D eigenvalue weighted by Gasteiger charge is -2.50. The van der Waals surface area contributed by atoms with Crippen molar-refractivity contribution in [3.63, 3.8) is 0 Å². The van der Waals surface area contributed by atoms with Crippen LogP contribution in [-0.2, 0) is 20.7 Å². The zero-order chi connectivity index (χ0) is 16.4. The van der Waals surface area contributed by atoms with Crippen LogP contribution in [0.5, 0.6) is 0 Å². The predicted molar refractivity (Wildman–Crippen MR) is 94.2 cm³/mol. The van der Waals surface area contributed by atoms with Gasteiger partial charge in [-0.05, 0) is 49.5 Å². The molecule has 0 unspecified atom stereocenters. The highest BCUT2D eigenvalue weighted by Gasteiger charge is 2.47. The Labute approximate surface area is 148 Å². The van der Waals surface area contributed by atoms with E-state index in [1.807, 2.05) is 17.5 Å². The minimum Gasteiger partial charge on any atom is -0.380 e. The van der Waals surface area contributed by atoms with E-state index >= 15 is 0 Å². The molecule has 4 nitrogen and oxygen atoms in total. The number of piperidine rings is 1. The van der Waals surface area contributed by atoms with Gasteiger partial charge in [0.15, 0.2) is 0 Å². The van der Waals surface area contributed by atoms with Crippen molar-refractivity contribution in [3.8, 4) is 0 Å². The van der Waals surface area contributed by atoms with Gasteiger partial charge in [0.25, 0.3) is 0 Å². The molecule has 132 valence electrons. The SMILES string of the molecule is O=C(Cc1cccs1)N1CC[C@@H]2OCCC[C@]2(COCC2CC2)C1. The summed E-state index contributed by atoms with van der Waals surface area (Å²) >= 11 is 1.66. The zero-order valence-electron chi connectivity index (χ0n) is 14.2. The molecule has 0 N–H and O–H groups in total. The van der Waals surface area contributed by atoms with E-state index in [1.165, 1.54) is 12.8 Å². The third kappa shape index (κ3) is 3.68. The second-order valence-corrected chi connectivity index (χ2v) is 8.68. The van der Waals surface area contributed by atoms with Gasteiger partial charge in [0.2, 0.25) is 5.91 Å². The second kappa shape index (κ2) is 7.14. The number of amides is 1. The Hall–Kier alpha value is -0.910. The molecular weight excluding hydrogens is 322 g/mol. The number of rotatable bonds is 6. The highest BCUT2D eigenvalue weighted by molar-refractivity contribution is 7.10. The highest BCUT2D eigenvalue weighted by Crippen LogP contribution is 2.41. The summed E-state index contributed by atoms with van der Waals surface area (Å²) in [5.41, 5.74) is 0.0104. The summed E-state index contributed by atoms with van der Waals surface area (Å²) in [6, 6.07) is 4.06. The Morgan fingerprint density at radius 1 is 1.42 bits per heavy atom. The van der Waals surface area contributed by atoms with Crippen LogP contribution in [0.2, 0.25) is 0 Å². The first kappa shape index (κ1) is 16.6. The van der Waals surface area contributed by atoms with Gasteiger partial charge >= 0.3 is 0 Å². The van der Waals surface area contributed by atoms with Crippen LogP contribution in [0.25, 0.3) is 0 Å². The molecule has 0 aromatic carbocycles. The van der Waals surface area contributed by atoms with E-state index in [9.17, 15) is 4.79 Å². The Bertz CT molecular complexity index is 557. The van der Waals surface area contributed by atoms with Crippen molar-refractivity contribution in [2.75, 3.05) is 32.9 Å². The maximum absolute atomic E-state index is 12.7. The number of fused-ring (bicyclic) bond motifs is 1. The molecule has 1 amide bonds. The van der Waals surface area contributed by atoms with E-state index in [0.717, 1.165) is 63.0 Å². The quantitative estimate of drug-likeness (QED) is 0.792. The molecule has 2 atom stereocenters. The van der Waals surface area contributed by atoms with Gasteiger partial charge in [0, 0.05) is 36.6 Å². The molecule has 0 bridgehead atoms. The molecule has 3 heterocycles. The smallest absolute Gasteiger partial charge is 0.227 e. The molecule has 3 fully saturated rings. The average Bonchev–Trinajstić information content (AvgIpc) is 3.28. The van der Waals surface area contributed by atoms with Gasteiger partial charge in [0.05, 0.1) is 19.1 Å². The summed E-state index contributed by atoms with van der Waals surface area (Å²) in [5.74, 6) is 1.03. The summed E-state index contributed by atoms with van der Waals surface area (Å²) in [6.07, 6.45) is 6.57. The van der Waals surface area contributed by atoms with Gasteiger partial charge in [-0.3, -0.25) is 4.79 Å². The summed E-state index contributed by atoms with van der Waals surface area (Å²) in [4.78, 5) is 15.9. The maximum Gasteiger partial charge on any atom is 0.227 e. The van der Waals surface area contributed by atoms with Crippen molar-refractivity contribution in [2.24, 2.45) is 11.3 Å². The lowest BCUT2D eigenvalue weighted by Crippen LogP contribution is -2.58. The molecule has 1 aliphatic carbocycles. The highest BCUT2D eigenvalue weighted by atomic mass is 32.1. The second-order valence-electron chi connectivity index (χ2n) is 7.64. The fraction of sp³-hybridized carbons (Fsp3) is 0.737. The Kier molecular flexibility index (Phi) is 4.93. The number of carbonyl (C=O) groups is 1. The lowest BCUT2D eigenvalue weighted by atomic mass is 9.73. The van der Waals surface area contributed by atoms with Crippen LogP contribution < -0.4 is 0 Å². The number of likely N-dealkylation sites (tertiary alicyclic amines) is 1. The normalized spacial score (nSPS) is 30.2. The van der Waals surface area contributed by atoms with Gasteiger partial charge in [0.1, 0.15) is 0 Å². The Balaban J connectivity index is 1.40. The average molecular weight is 349 g/mol. The molecule has 5 heteroatoms. The number of nitrogens with zero attached hydrogens (tertiary/aromatic N) is 1. The molecule has 4 rings (SSSR count). The topological polar surface area (TPSA) is 38.8 Å². The van der Waals surface area contributed by atoms with Gasteiger partial charge < -0.3 is 14.4 Å². The van der Waals surface area contributed by atoms with Crippen LogP contribution in [0.3, 0.4) is 0 Å². The number of carbonyl (C=O) groups excluding carboxylic acids is 1. The Morgan fingerprint density at radius 2 is 2.33 bits per heavy atom. The summed E-state index contributed by atoms with van der Waals surface area (Å²) < 4.78 is 12.2. The van der Waals surface area contributed by atoms with Crippen molar-refractivity contribution in [1.29, 1.82) is 0 Å². The predicted octanol–water partition coefficient (Wildman–Crippen LogP) is 3.11. The summed E-state index contributed by atoms with van der Waals surface area (Å²) in [5, 5.41) is 2.04. The molecule has 24 heavy (non-hydrogen) atoms. The van der Waals surface area contributed by atoms with Crippen molar-refractivity contribution in [2.45, 2.75) is 44.6 Å². The van der Waals surface area contributed by atoms with Gasteiger partial charge in [-0.1, -0.05) is 6.07 Å². The molecule has 0 spiro atoms. The summed E-state index contributed by atoms with van der Waals surface area (Å²) in [6.45, 7) is 4.11. The van der Waals surface area contributed by atoms with Crippen molar-refractivity contribution >= 4 is 17.2 Å². The third-order valence-corrected chi connectivity index (χ3v) is 6.56. The molecule has 3 aliphatic rings.